The van der Waals surface area contributed by atoms with Crippen LogP contribution in [0.2, 0.25) is 0 Å². The molecule has 0 saturated carbocycles. The molecule has 3 aromatic rings. The van der Waals surface area contributed by atoms with Gasteiger partial charge in [0.25, 0.3) is 5.91 Å². The smallest absolute Gasteiger partial charge is 0.269 e. The van der Waals surface area contributed by atoms with Gasteiger partial charge in [-0.2, -0.15) is 0 Å². The Balaban J connectivity index is 1.97. The Morgan fingerprint density at radius 3 is 2.81 bits per heavy atom. The number of hydrogen-bond donors (Lipinski definition) is 2. The van der Waals surface area contributed by atoms with Crippen LogP contribution in [0.15, 0.2) is 29.1 Å². The van der Waals surface area contributed by atoms with Crippen LogP contribution in [0.25, 0.3) is 10.9 Å². The summed E-state index contributed by atoms with van der Waals surface area (Å²) in [6.07, 6.45) is 0. The second kappa shape index (κ2) is 5.10. The van der Waals surface area contributed by atoms with Gasteiger partial charge in [0.05, 0.1) is 11.2 Å². The summed E-state index contributed by atoms with van der Waals surface area (Å²) in [5.74, 6) is -0.253. The lowest BCUT2D eigenvalue weighted by atomic mass is 10.1. The summed E-state index contributed by atoms with van der Waals surface area (Å²) >= 11 is 1.05. The molecule has 0 saturated heterocycles. The topological polar surface area (TPSA) is 87.7 Å². The Morgan fingerprint density at radius 2 is 2.10 bits per heavy atom. The predicted octanol–water partition coefficient (Wildman–Crippen LogP) is 2.25. The van der Waals surface area contributed by atoms with E-state index in [0.717, 1.165) is 22.5 Å². The molecule has 7 heteroatoms. The van der Waals surface area contributed by atoms with Crippen molar-refractivity contribution in [3.05, 3.63) is 50.8 Å². The van der Waals surface area contributed by atoms with Gasteiger partial charge >= 0.3 is 0 Å². The number of H-pyrrole nitrogens is 1. The number of aromatic amines is 1. The lowest BCUT2D eigenvalue weighted by Gasteiger charge is -2.06. The second-order valence-corrected chi connectivity index (χ2v) is 5.47. The highest BCUT2D eigenvalue weighted by Crippen LogP contribution is 2.20. The van der Waals surface area contributed by atoms with Crippen LogP contribution >= 0.6 is 11.5 Å². The van der Waals surface area contributed by atoms with Crippen molar-refractivity contribution in [2.24, 2.45) is 0 Å². The molecule has 0 fully saturated rings. The van der Waals surface area contributed by atoms with Crippen LogP contribution in [0.5, 0.6) is 0 Å². The van der Waals surface area contributed by atoms with E-state index in [0.29, 0.717) is 21.8 Å². The average Bonchev–Trinajstić information content (AvgIpc) is 2.84. The molecule has 0 bridgehead atoms. The molecule has 106 valence electrons. The molecule has 0 radical (unpaired) electrons. The number of carbonyl (C=O) groups excluding carboxylic acids is 1. The highest BCUT2D eigenvalue weighted by Gasteiger charge is 2.13. The molecule has 0 unspecified atom stereocenters. The minimum Gasteiger partial charge on any atom is -0.322 e. The summed E-state index contributed by atoms with van der Waals surface area (Å²) in [5, 5.41) is 7.55. The molecule has 21 heavy (non-hydrogen) atoms. The molecule has 2 N–H and O–H groups in total. The lowest BCUT2D eigenvalue weighted by Crippen LogP contribution is -2.12. The second-order valence-electron chi connectivity index (χ2n) is 4.72. The molecule has 2 heterocycles. The van der Waals surface area contributed by atoms with Crippen LogP contribution in [0.1, 0.15) is 20.9 Å². The molecule has 6 nitrogen and oxygen atoms in total. The quantitative estimate of drug-likeness (QED) is 0.760. The van der Waals surface area contributed by atoms with Crippen molar-refractivity contribution >= 4 is 34.0 Å². The summed E-state index contributed by atoms with van der Waals surface area (Å²) < 4.78 is 3.74. The third-order valence-electron chi connectivity index (χ3n) is 3.17. The molecule has 3 rings (SSSR count). The van der Waals surface area contributed by atoms with Crippen molar-refractivity contribution in [2.45, 2.75) is 13.8 Å². The standard InChI is InChI=1S/C14H12N4O2S/c1-7-5-12(19)16-11-6-9(3-4-10(7)11)15-14(20)13-8(2)17-18-21-13/h3-6H,1-2H3,(H,15,20)(H,16,19). The van der Waals surface area contributed by atoms with Crippen LogP contribution in [-0.4, -0.2) is 20.5 Å². The fraction of sp³-hybridized carbons (Fsp3) is 0.143. The van der Waals surface area contributed by atoms with Gasteiger partial charge in [0.15, 0.2) is 0 Å². The number of carbonyl (C=O) groups is 1. The Labute approximate surface area is 124 Å². The number of hydrogen-bond acceptors (Lipinski definition) is 5. The number of rotatable bonds is 2. The summed E-state index contributed by atoms with van der Waals surface area (Å²) in [5.41, 5.74) is 2.64. The van der Waals surface area contributed by atoms with E-state index in [4.69, 9.17) is 0 Å². The van der Waals surface area contributed by atoms with Gasteiger partial charge in [0.1, 0.15) is 4.88 Å². The van der Waals surface area contributed by atoms with E-state index in [1.807, 2.05) is 13.0 Å². The molecule has 1 amide bonds. The van der Waals surface area contributed by atoms with Crippen LogP contribution in [0.4, 0.5) is 5.69 Å². The van der Waals surface area contributed by atoms with E-state index < -0.39 is 0 Å². The lowest BCUT2D eigenvalue weighted by molar-refractivity contribution is 0.103. The van der Waals surface area contributed by atoms with Gasteiger partial charge < -0.3 is 10.3 Å². The van der Waals surface area contributed by atoms with Gasteiger partial charge in [-0.05, 0) is 43.1 Å². The van der Waals surface area contributed by atoms with Crippen molar-refractivity contribution < 1.29 is 4.79 Å². The first-order chi connectivity index (χ1) is 10.0. The van der Waals surface area contributed by atoms with E-state index in [9.17, 15) is 9.59 Å². The highest BCUT2D eigenvalue weighted by molar-refractivity contribution is 7.08. The van der Waals surface area contributed by atoms with E-state index >= 15 is 0 Å². The number of nitrogens with zero attached hydrogens (tertiary/aromatic N) is 2. The SMILES string of the molecule is Cc1nnsc1C(=O)Nc1ccc2c(C)cc(=O)[nH]c2c1. The third-order valence-corrected chi connectivity index (χ3v) is 3.99. The van der Waals surface area contributed by atoms with Crippen molar-refractivity contribution in [1.82, 2.24) is 14.6 Å². The number of benzene rings is 1. The first-order valence-corrected chi connectivity index (χ1v) is 7.06. The zero-order valence-corrected chi connectivity index (χ0v) is 12.2. The highest BCUT2D eigenvalue weighted by atomic mass is 32.1. The van der Waals surface area contributed by atoms with Gasteiger partial charge in [-0.1, -0.05) is 10.6 Å². The molecule has 0 aliphatic rings. The fourth-order valence-electron chi connectivity index (χ4n) is 2.14. The van der Waals surface area contributed by atoms with Gasteiger partial charge in [0.2, 0.25) is 5.56 Å². The van der Waals surface area contributed by atoms with Crippen LogP contribution in [0.3, 0.4) is 0 Å². The number of aryl methyl sites for hydroxylation is 2. The van der Waals surface area contributed by atoms with Gasteiger partial charge in [-0.25, -0.2) is 0 Å². The fourth-order valence-corrected chi connectivity index (χ4v) is 2.69. The first-order valence-electron chi connectivity index (χ1n) is 6.28. The van der Waals surface area contributed by atoms with Crippen molar-refractivity contribution in [3.8, 4) is 0 Å². The maximum Gasteiger partial charge on any atom is 0.269 e. The summed E-state index contributed by atoms with van der Waals surface area (Å²) in [7, 11) is 0. The monoisotopic (exact) mass is 300 g/mol. The normalized spacial score (nSPS) is 10.8. The maximum atomic E-state index is 12.1. The number of fused-ring (bicyclic) bond motifs is 1. The third kappa shape index (κ3) is 2.55. The van der Waals surface area contributed by atoms with E-state index in [1.54, 1.807) is 25.1 Å². The van der Waals surface area contributed by atoms with E-state index in [1.165, 1.54) is 0 Å². The number of nitrogens with one attached hydrogen (secondary N) is 2. The summed E-state index contributed by atoms with van der Waals surface area (Å²) in [6.45, 7) is 3.61. The van der Waals surface area contributed by atoms with Crippen LogP contribution in [0, 0.1) is 13.8 Å². The molecule has 0 atom stereocenters. The molecule has 1 aromatic carbocycles. The maximum absolute atomic E-state index is 12.1. The first kappa shape index (κ1) is 13.4. The predicted molar refractivity (Wildman–Crippen MR) is 81.9 cm³/mol. The van der Waals surface area contributed by atoms with Crippen molar-refractivity contribution in [1.29, 1.82) is 0 Å². The zero-order valence-electron chi connectivity index (χ0n) is 11.4. The van der Waals surface area contributed by atoms with Gasteiger partial charge in [-0.3, -0.25) is 9.59 Å². The van der Waals surface area contributed by atoms with Crippen LogP contribution in [-0.2, 0) is 0 Å². The Morgan fingerprint density at radius 1 is 1.29 bits per heavy atom. The van der Waals surface area contributed by atoms with E-state index in [-0.39, 0.29) is 11.5 Å². The molecular formula is C14H12N4O2S. The summed E-state index contributed by atoms with van der Waals surface area (Å²) in [4.78, 5) is 26.9. The van der Waals surface area contributed by atoms with E-state index in [2.05, 4.69) is 19.9 Å². The molecule has 0 spiro atoms. The number of aromatic nitrogens is 3. The zero-order chi connectivity index (χ0) is 15.0. The number of pyridine rings is 1. The van der Waals surface area contributed by atoms with Gasteiger partial charge in [0, 0.05) is 17.1 Å². The van der Waals surface area contributed by atoms with Crippen molar-refractivity contribution in [2.75, 3.05) is 5.32 Å². The number of amides is 1. The average molecular weight is 300 g/mol. The van der Waals surface area contributed by atoms with Crippen molar-refractivity contribution in [3.63, 3.8) is 0 Å². The number of anilines is 1. The Bertz CT molecular complexity index is 897. The minimum atomic E-state index is -0.253. The summed E-state index contributed by atoms with van der Waals surface area (Å²) in [6, 6.07) is 6.96. The van der Waals surface area contributed by atoms with Crippen LogP contribution < -0.4 is 10.9 Å². The molecular weight excluding hydrogens is 288 g/mol. The Kier molecular flexibility index (Phi) is 3.26. The largest absolute Gasteiger partial charge is 0.322 e. The molecule has 0 aliphatic heterocycles. The minimum absolute atomic E-state index is 0.161. The molecule has 0 aliphatic carbocycles. The van der Waals surface area contributed by atoms with Gasteiger partial charge in [-0.15, -0.1) is 5.10 Å². The Hall–Kier alpha value is -2.54. The molecule has 2 aromatic heterocycles.